The number of para-hydroxylation sites is 1. The van der Waals surface area contributed by atoms with E-state index in [4.69, 9.17) is 4.74 Å². The lowest BCUT2D eigenvalue weighted by molar-refractivity contribution is -0.132. The first-order valence-electron chi connectivity index (χ1n) is 9.81. The molecule has 8 heteroatoms. The van der Waals surface area contributed by atoms with Gasteiger partial charge in [-0.1, -0.05) is 12.1 Å². The highest BCUT2D eigenvalue weighted by atomic mass is 16.6. The van der Waals surface area contributed by atoms with E-state index in [0.717, 1.165) is 31.6 Å². The number of piperazine rings is 1. The Morgan fingerprint density at radius 3 is 2.61 bits per heavy atom. The first-order valence-corrected chi connectivity index (χ1v) is 9.81. The van der Waals surface area contributed by atoms with E-state index in [2.05, 4.69) is 16.3 Å². The van der Waals surface area contributed by atoms with Gasteiger partial charge in [-0.2, -0.15) is 5.26 Å². The van der Waals surface area contributed by atoms with Gasteiger partial charge in [0.15, 0.2) is 0 Å². The zero-order valence-corrected chi connectivity index (χ0v) is 15.9. The third-order valence-corrected chi connectivity index (χ3v) is 5.88. The minimum atomic E-state index is -0.428. The standard InChI is InChI=1S/C20H25N5O3/c21-13-16-3-1-2-4-17(16)23-9-11-24(12-10-23)18(26)14-25-15-20(28-19(25)27)5-7-22-8-6-20/h1-4,22H,5-12,14-15H2. The zero-order valence-electron chi connectivity index (χ0n) is 15.9. The fourth-order valence-electron chi connectivity index (χ4n) is 4.26. The molecule has 0 bridgehead atoms. The van der Waals surface area contributed by atoms with Crippen LogP contribution in [0.1, 0.15) is 18.4 Å². The van der Waals surface area contributed by atoms with Crippen LogP contribution in [0.15, 0.2) is 24.3 Å². The lowest BCUT2D eigenvalue weighted by atomic mass is 9.92. The van der Waals surface area contributed by atoms with Crippen molar-refractivity contribution in [2.24, 2.45) is 0 Å². The molecule has 0 atom stereocenters. The van der Waals surface area contributed by atoms with E-state index in [-0.39, 0.29) is 18.5 Å². The molecular formula is C20H25N5O3. The number of piperidine rings is 1. The maximum atomic E-state index is 12.7. The smallest absolute Gasteiger partial charge is 0.410 e. The number of nitrogens with zero attached hydrogens (tertiary/aromatic N) is 4. The highest BCUT2D eigenvalue weighted by molar-refractivity contribution is 5.83. The molecule has 1 N–H and O–H groups in total. The van der Waals surface area contributed by atoms with E-state index in [9.17, 15) is 14.9 Å². The predicted octanol–water partition coefficient (Wildman–Crippen LogP) is 0.781. The summed E-state index contributed by atoms with van der Waals surface area (Å²) in [5, 5.41) is 12.6. The van der Waals surface area contributed by atoms with Crippen LogP contribution >= 0.6 is 0 Å². The van der Waals surface area contributed by atoms with Crippen LogP contribution in [0.4, 0.5) is 10.5 Å². The van der Waals surface area contributed by atoms with Gasteiger partial charge in [-0.05, 0) is 25.2 Å². The van der Waals surface area contributed by atoms with Crippen molar-refractivity contribution in [3.63, 3.8) is 0 Å². The molecule has 3 aliphatic rings. The molecule has 8 nitrogen and oxygen atoms in total. The Morgan fingerprint density at radius 1 is 1.18 bits per heavy atom. The van der Waals surface area contributed by atoms with Gasteiger partial charge < -0.3 is 19.9 Å². The molecule has 2 amide bonds. The molecule has 28 heavy (non-hydrogen) atoms. The van der Waals surface area contributed by atoms with Crippen molar-refractivity contribution in [2.45, 2.75) is 18.4 Å². The number of carbonyl (C=O) groups is 2. The van der Waals surface area contributed by atoms with Gasteiger partial charge >= 0.3 is 6.09 Å². The van der Waals surface area contributed by atoms with E-state index in [0.29, 0.717) is 38.3 Å². The Hall–Kier alpha value is -2.79. The lowest BCUT2D eigenvalue weighted by Gasteiger charge is -2.37. The Labute approximate surface area is 164 Å². The van der Waals surface area contributed by atoms with Crippen LogP contribution in [0, 0.1) is 11.3 Å². The van der Waals surface area contributed by atoms with Gasteiger partial charge in [0.2, 0.25) is 5.91 Å². The third-order valence-electron chi connectivity index (χ3n) is 5.88. The Balaban J connectivity index is 1.32. The minimum Gasteiger partial charge on any atom is -0.441 e. The van der Waals surface area contributed by atoms with Crippen molar-refractivity contribution in [1.29, 1.82) is 5.26 Å². The summed E-state index contributed by atoms with van der Waals surface area (Å²) in [5.41, 5.74) is 1.13. The number of hydrogen-bond acceptors (Lipinski definition) is 6. The number of ether oxygens (including phenoxy) is 1. The quantitative estimate of drug-likeness (QED) is 0.830. The number of nitriles is 1. The third kappa shape index (κ3) is 3.62. The fourth-order valence-corrected chi connectivity index (χ4v) is 4.26. The number of rotatable bonds is 3. The maximum Gasteiger partial charge on any atom is 0.410 e. The van der Waals surface area contributed by atoms with Crippen LogP contribution in [0.25, 0.3) is 0 Å². The summed E-state index contributed by atoms with van der Waals surface area (Å²) in [4.78, 5) is 30.5. The monoisotopic (exact) mass is 383 g/mol. The van der Waals surface area contributed by atoms with E-state index >= 15 is 0 Å². The van der Waals surface area contributed by atoms with Gasteiger partial charge in [-0.25, -0.2) is 4.79 Å². The number of nitrogens with one attached hydrogen (secondary N) is 1. The van der Waals surface area contributed by atoms with Gasteiger partial charge in [0, 0.05) is 39.0 Å². The summed E-state index contributed by atoms with van der Waals surface area (Å²) < 4.78 is 5.63. The highest BCUT2D eigenvalue weighted by Gasteiger charge is 2.46. The topological polar surface area (TPSA) is 88.9 Å². The van der Waals surface area contributed by atoms with E-state index in [1.165, 1.54) is 0 Å². The van der Waals surface area contributed by atoms with Crippen molar-refractivity contribution in [3.05, 3.63) is 29.8 Å². The first kappa shape index (κ1) is 18.6. The average Bonchev–Trinajstić information content (AvgIpc) is 3.02. The molecule has 4 rings (SSSR count). The van der Waals surface area contributed by atoms with Gasteiger partial charge in [-0.3, -0.25) is 9.69 Å². The molecule has 0 radical (unpaired) electrons. The number of hydrogen-bond donors (Lipinski definition) is 1. The zero-order chi connectivity index (χ0) is 19.6. The van der Waals surface area contributed by atoms with Crippen molar-refractivity contribution in [2.75, 3.05) is 57.3 Å². The van der Waals surface area contributed by atoms with Crippen LogP contribution in [0.5, 0.6) is 0 Å². The van der Waals surface area contributed by atoms with Crippen molar-refractivity contribution in [1.82, 2.24) is 15.1 Å². The lowest BCUT2D eigenvalue weighted by Crippen LogP contribution is -2.52. The molecule has 0 aliphatic carbocycles. The molecule has 0 unspecified atom stereocenters. The molecule has 3 heterocycles. The van der Waals surface area contributed by atoms with Crippen LogP contribution in [-0.4, -0.2) is 79.8 Å². The van der Waals surface area contributed by atoms with Crippen molar-refractivity contribution < 1.29 is 14.3 Å². The summed E-state index contributed by atoms with van der Waals surface area (Å²) in [6.07, 6.45) is 1.21. The molecule has 1 aromatic rings. The van der Waals surface area contributed by atoms with Gasteiger partial charge in [0.05, 0.1) is 17.8 Å². The van der Waals surface area contributed by atoms with Crippen molar-refractivity contribution in [3.8, 4) is 6.07 Å². The normalized spacial score (nSPS) is 21.5. The molecule has 3 fully saturated rings. The molecule has 1 aromatic carbocycles. The Kier molecular flexibility index (Phi) is 5.09. The van der Waals surface area contributed by atoms with Crippen LogP contribution in [0.3, 0.4) is 0 Å². The molecule has 3 saturated heterocycles. The minimum absolute atomic E-state index is 0.0452. The number of benzene rings is 1. The van der Waals surface area contributed by atoms with Crippen LogP contribution < -0.4 is 10.2 Å². The first-order chi connectivity index (χ1) is 13.6. The SMILES string of the molecule is N#Cc1ccccc1N1CCN(C(=O)CN2CC3(CCNCC3)OC2=O)CC1. The van der Waals surface area contributed by atoms with E-state index in [1.54, 1.807) is 9.80 Å². The fraction of sp³-hybridized carbons (Fsp3) is 0.550. The molecule has 0 saturated carbocycles. The second-order valence-electron chi connectivity index (χ2n) is 7.65. The Bertz CT molecular complexity index is 791. The maximum absolute atomic E-state index is 12.7. The number of carbonyl (C=O) groups excluding carboxylic acids is 2. The van der Waals surface area contributed by atoms with E-state index in [1.807, 2.05) is 24.3 Å². The van der Waals surface area contributed by atoms with Gasteiger partial charge in [0.1, 0.15) is 18.2 Å². The molecule has 0 aromatic heterocycles. The Morgan fingerprint density at radius 2 is 1.89 bits per heavy atom. The predicted molar refractivity (Wildman–Crippen MR) is 103 cm³/mol. The van der Waals surface area contributed by atoms with E-state index < -0.39 is 5.60 Å². The number of anilines is 1. The molecule has 3 aliphatic heterocycles. The van der Waals surface area contributed by atoms with Crippen LogP contribution in [0.2, 0.25) is 0 Å². The second-order valence-corrected chi connectivity index (χ2v) is 7.65. The number of amides is 2. The molecule has 1 spiro atoms. The molecular weight excluding hydrogens is 358 g/mol. The summed E-state index contributed by atoms with van der Waals surface area (Å²) in [6.45, 7) is 4.74. The van der Waals surface area contributed by atoms with Gasteiger partial charge in [-0.15, -0.1) is 0 Å². The average molecular weight is 383 g/mol. The van der Waals surface area contributed by atoms with Crippen LogP contribution in [-0.2, 0) is 9.53 Å². The summed E-state index contributed by atoms with van der Waals surface area (Å²) >= 11 is 0. The molecule has 148 valence electrons. The van der Waals surface area contributed by atoms with Gasteiger partial charge in [0.25, 0.3) is 0 Å². The summed E-state index contributed by atoms with van der Waals surface area (Å²) in [7, 11) is 0. The largest absolute Gasteiger partial charge is 0.441 e. The summed E-state index contributed by atoms with van der Waals surface area (Å²) in [6, 6.07) is 9.74. The summed E-state index contributed by atoms with van der Waals surface area (Å²) in [5.74, 6) is -0.0452. The highest BCUT2D eigenvalue weighted by Crippen LogP contribution is 2.31. The second kappa shape index (κ2) is 7.68. The van der Waals surface area contributed by atoms with Crippen molar-refractivity contribution >= 4 is 17.7 Å².